The van der Waals surface area contributed by atoms with Crippen LogP contribution in [0.25, 0.3) is 42.9 Å². The molecule has 0 aliphatic rings. The maximum Gasteiger partial charge on any atom is 0.322 e. The molecular weight excluding hydrogens is 603 g/mol. The number of hydrogen-bond acceptors (Lipinski definition) is 9. The number of nitriles is 1. The van der Waals surface area contributed by atoms with Crippen LogP contribution in [0.5, 0.6) is 11.8 Å². The van der Waals surface area contributed by atoms with Gasteiger partial charge in [0.25, 0.3) is 0 Å². The van der Waals surface area contributed by atoms with Crippen LogP contribution in [0.3, 0.4) is 0 Å². The number of pyridine rings is 1. The predicted octanol–water partition coefficient (Wildman–Crippen LogP) is 6.63. The summed E-state index contributed by atoms with van der Waals surface area (Å²) in [5.41, 5.74) is 12.5. The van der Waals surface area contributed by atoms with Gasteiger partial charge in [-0.05, 0) is 60.4 Å². The lowest BCUT2D eigenvalue weighted by molar-refractivity contribution is -0.116. The van der Waals surface area contributed by atoms with Crippen LogP contribution in [-0.4, -0.2) is 30.4 Å². The molecule has 3 N–H and O–H groups in total. The summed E-state index contributed by atoms with van der Waals surface area (Å²) < 4.78 is 23.8. The standard InChI is InChI=1S/C34H27FN8O2S/c1-5-28(44)39-15-20-6-8-22(18(2)12-20)31-29(21-7-9-26(24(35)13-21)45-34-38-11-10-19(3)41-34)30-32(46-31)23(16-40-33(30)37)25-17-43(4)27(14-36)42-25/h5-13,16-17H,1,15H2,2-4H3,(H2,37,40)(H,39,44). The van der Waals surface area contributed by atoms with Crippen molar-refractivity contribution < 1.29 is 13.9 Å². The van der Waals surface area contributed by atoms with Crippen LogP contribution >= 0.6 is 11.3 Å². The van der Waals surface area contributed by atoms with Gasteiger partial charge in [0.05, 0.1) is 10.4 Å². The molecule has 0 radical (unpaired) electrons. The molecular formula is C34H27FN8O2S. The summed E-state index contributed by atoms with van der Waals surface area (Å²) in [5.74, 6) is -0.377. The van der Waals surface area contributed by atoms with E-state index in [1.54, 1.807) is 49.3 Å². The highest BCUT2D eigenvalue weighted by atomic mass is 32.1. The van der Waals surface area contributed by atoms with E-state index in [0.717, 1.165) is 26.3 Å². The number of fused-ring (bicyclic) bond motifs is 1. The molecule has 0 aliphatic heterocycles. The molecule has 0 fully saturated rings. The van der Waals surface area contributed by atoms with Crippen molar-refractivity contribution in [2.75, 3.05) is 5.73 Å². The highest BCUT2D eigenvalue weighted by Crippen LogP contribution is 2.50. The first-order chi connectivity index (χ1) is 22.2. The number of ether oxygens (including phenoxy) is 1. The molecule has 46 heavy (non-hydrogen) atoms. The average Bonchev–Trinajstić information content (AvgIpc) is 3.62. The molecule has 0 atom stereocenters. The van der Waals surface area contributed by atoms with E-state index in [0.29, 0.717) is 40.0 Å². The zero-order chi connectivity index (χ0) is 32.5. The lowest BCUT2D eigenvalue weighted by Gasteiger charge is -2.12. The Bertz CT molecular complexity index is 2220. The van der Waals surface area contributed by atoms with Crippen LogP contribution in [0.1, 0.15) is 22.6 Å². The molecule has 10 nitrogen and oxygen atoms in total. The summed E-state index contributed by atoms with van der Waals surface area (Å²) >= 11 is 1.48. The van der Waals surface area contributed by atoms with Crippen LogP contribution in [-0.2, 0) is 18.4 Å². The Labute approximate surface area is 267 Å². The number of nitrogens with one attached hydrogen (secondary N) is 1. The van der Waals surface area contributed by atoms with E-state index in [1.165, 1.54) is 29.5 Å². The van der Waals surface area contributed by atoms with Crippen LogP contribution in [0.15, 0.2) is 73.7 Å². The Hall–Kier alpha value is -5.93. The maximum atomic E-state index is 15.7. The van der Waals surface area contributed by atoms with E-state index in [9.17, 15) is 10.1 Å². The van der Waals surface area contributed by atoms with Crippen molar-refractivity contribution in [2.45, 2.75) is 20.4 Å². The molecule has 0 saturated carbocycles. The van der Waals surface area contributed by atoms with E-state index in [2.05, 4.69) is 37.9 Å². The first-order valence-electron chi connectivity index (χ1n) is 14.1. The maximum absolute atomic E-state index is 15.7. The van der Waals surface area contributed by atoms with Crippen LogP contribution in [0.2, 0.25) is 0 Å². The second-order valence-electron chi connectivity index (χ2n) is 10.5. The SMILES string of the molecule is C=CC(=O)NCc1ccc(-c2sc3c(-c4cn(C)c(C#N)n4)cnc(N)c3c2-c2ccc(Oc3nccc(C)n3)c(F)c2)c(C)c1. The number of anilines is 1. The summed E-state index contributed by atoms with van der Waals surface area (Å²) in [5, 5.41) is 13.0. The van der Waals surface area contributed by atoms with E-state index in [-0.39, 0.29) is 29.3 Å². The minimum atomic E-state index is -0.607. The van der Waals surface area contributed by atoms with Crippen LogP contribution < -0.4 is 15.8 Å². The number of halogens is 1. The average molecular weight is 631 g/mol. The fraction of sp³-hybridized carbons (Fsp3) is 0.118. The van der Waals surface area contributed by atoms with Crippen molar-refractivity contribution in [1.82, 2.24) is 29.8 Å². The molecule has 228 valence electrons. The summed E-state index contributed by atoms with van der Waals surface area (Å²) in [7, 11) is 1.75. The topological polar surface area (TPSA) is 145 Å². The lowest BCUT2D eigenvalue weighted by Crippen LogP contribution is -2.19. The van der Waals surface area contributed by atoms with E-state index in [4.69, 9.17) is 10.5 Å². The number of nitrogens with two attached hydrogens (primary N) is 1. The molecule has 2 aromatic carbocycles. The summed E-state index contributed by atoms with van der Waals surface area (Å²) in [4.78, 5) is 29.9. The highest BCUT2D eigenvalue weighted by Gasteiger charge is 2.24. The minimum Gasteiger partial charge on any atom is -0.421 e. The number of aryl methyl sites for hydroxylation is 3. The number of amides is 1. The van der Waals surface area contributed by atoms with Gasteiger partial charge in [-0.2, -0.15) is 5.26 Å². The van der Waals surface area contributed by atoms with Gasteiger partial charge in [-0.3, -0.25) is 4.79 Å². The third-order valence-electron chi connectivity index (χ3n) is 7.38. The van der Waals surface area contributed by atoms with Gasteiger partial charge in [0.15, 0.2) is 11.6 Å². The number of thiophene rings is 1. The number of benzene rings is 2. The Kier molecular flexibility index (Phi) is 8.00. The highest BCUT2D eigenvalue weighted by molar-refractivity contribution is 7.23. The van der Waals surface area contributed by atoms with Crippen molar-refractivity contribution in [2.24, 2.45) is 7.05 Å². The van der Waals surface area contributed by atoms with Gasteiger partial charge in [0.1, 0.15) is 11.9 Å². The number of aromatic nitrogens is 5. The molecule has 0 spiro atoms. The summed E-state index contributed by atoms with van der Waals surface area (Å²) in [6, 6.07) is 14.4. The number of nitrogens with zero attached hydrogens (tertiary/aromatic N) is 6. The van der Waals surface area contributed by atoms with Crippen molar-refractivity contribution in [3.8, 4) is 50.7 Å². The fourth-order valence-electron chi connectivity index (χ4n) is 5.13. The molecule has 6 rings (SSSR count). The predicted molar refractivity (Wildman–Crippen MR) is 175 cm³/mol. The van der Waals surface area contributed by atoms with Crippen LogP contribution in [0, 0.1) is 31.0 Å². The molecule has 0 bridgehead atoms. The van der Waals surface area contributed by atoms with Gasteiger partial charge in [-0.25, -0.2) is 24.3 Å². The quantitative estimate of drug-likeness (QED) is 0.178. The first kappa shape index (κ1) is 30.1. The largest absolute Gasteiger partial charge is 0.421 e. The Morgan fingerprint density at radius 1 is 1.17 bits per heavy atom. The summed E-state index contributed by atoms with van der Waals surface area (Å²) in [6.45, 7) is 7.60. The third-order valence-corrected chi connectivity index (χ3v) is 8.63. The third kappa shape index (κ3) is 5.67. The molecule has 0 saturated heterocycles. The number of hydrogen-bond donors (Lipinski definition) is 2. The molecule has 4 heterocycles. The number of nitrogen functional groups attached to an aromatic ring is 1. The van der Waals surface area contributed by atoms with Gasteiger partial charge in [0, 0.05) is 59.3 Å². The van der Waals surface area contributed by atoms with Gasteiger partial charge in [-0.15, -0.1) is 11.3 Å². The lowest BCUT2D eigenvalue weighted by atomic mass is 9.95. The zero-order valence-electron chi connectivity index (χ0n) is 25.1. The van der Waals surface area contributed by atoms with Crippen molar-refractivity contribution in [3.63, 3.8) is 0 Å². The Balaban J connectivity index is 1.54. The second-order valence-corrected chi connectivity index (χ2v) is 11.6. The van der Waals surface area contributed by atoms with Gasteiger partial charge >= 0.3 is 6.01 Å². The molecule has 0 aliphatic carbocycles. The van der Waals surface area contributed by atoms with E-state index in [1.807, 2.05) is 25.1 Å². The van der Waals surface area contributed by atoms with Gasteiger partial charge in [0.2, 0.25) is 11.7 Å². The normalized spacial score (nSPS) is 10.9. The second kappa shape index (κ2) is 12.2. The van der Waals surface area contributed by atoms with E-state index >= 15 is 4.39 Å². The monoisotopic (exact) mass is 630 g/mol. The molecule has 4 aromatic heterocycles. The number of carbonyl (C=O) groups excluding carboxylic acids is 1. The molecule has 12 heteroatoms. The smallest absolute Gasteiger partial charge is 0.322 e. The number of carbonyl (C=O) groups is 1. The summed E-state index contributed by atoms with van der Waals surface area (Å²) in [6.07, 6.45) is 6.18. The fourth-order valence-corrected chi connectivity index (χ4v) is 6.58. The number of rotatable bonds is 8. The van der Waals surface area contributed by atoms with E-state index < -0.39 is 5.82 Å². The van der Waals surface area contributed by atoms with Crippen molar-refractivity contribution >= 4 is 33.1 Å². The number of imidazole rings is 1. The zero-order valence-corrected chi connectivity index (χ0v) is 25.9. The molecule has 0 unspecified atom stereocenters. The van der Waals surface area contributed by atoms with Crippen LogP contribution in [0.4, 0.5) is 10.2 Å². The minimum absolute atomic E-state index is 0.0261. The first-order valence-corrected chi connectivity index (χ1v) is 14.9. The van der Waals surface area contributed by atoms with Gasteiger partial charge in [-0.1, -0.05) is 30.8 Å². The molecule has 1 amide bonds. The molecule has 6 aromatic rings. The van der Waals surface area contributed by atoms with Crippen molar-refractivity contribution in [3.05, 3.63) is 102 Å². The Morgan fingerprint density at radius 2 is 2.00 bits per heavy atom. The Morgan fingerprint density at radius 3 is 2.70 bits per heavy atom. The van der Waals surface area contributed by atoms with Gasteiger partial charge < -0.3 is 20.4 Å². The van der Waals surface area contributed by atoms with Crippen molar-refractivity contribution in [1.29, 1.82) is 5.26 Å².